The second-order valence-electron chi connectivity index (χ2n) is 11.4. The van der Waals surface area contributed by atoms with Gasteiger partial charge in [-0.15, -0.1) is 0 Å². The second kappa shape index (κ2) is 7.88. The number of hydrogen-bond acceptors (Lipinski definition) is 5. The molecule has 0 aromatic heterocycles. The number of fused-ring (bicyclic) bond motifs is 5. The van der Waals surface area contributed by atoms with Crippen molar-refractivity contribution in [1.82, 2.24) is 0 Å². The summed E-state index contributed by atoms with van der Waals surface area (Å²) < 4.78 is 4.81. The number of ether oxygens (including phenoxy) is 1. The minimum absolute atomic E-state index is 0.0503. The van der Waals surface area contributed by atoms with Crippen LogP contribution in [0.3, 0.4) is 0 Å². The van der Waals surface area contributed by atoms with Crippen LogP contribution in [0.2, 0.25) is 0 Å². The Morgan fingerprint density at radius 2 is 1.90 bits per heavy atom. The summed E-state index contributed by atoms with van der Waals surface area (Å²) in [6, 6.07) is 0. The van der Waals surface area contributed by atoms with Crippen LogP contribution in [0, 0.1) is 46.3 Å². The second-order valence-corrected chi connectivity index (χ2v) is 11.4. The van der Waals surface area contributed by atoms with Crippen molar-refractivity contribution in [2.24, 2.45) is 46.3 Å². The Morgan fingerprint density at radius 1 is 1.17 bits per heavy atom. The molecule has 4 fully saturated rings. The highest BCUT2D eigenvalue weighted by atomic mass is 16.5. The largest absolute Gasteiger partial charge is 0.469 e. The fourth-order valence-electron chi connectivity index (χ4n) is 8.51. The lowest BCUT2D eigenvalue weighted by Gasteiger charge is -2.61. The van der Waals surface area contributed by atoms with E-state index in [1.807, 2.05) is 0 Å². The van der Waals surface area contributed by atoms with Crippen LogP contribution in [0.25, 0.3) is 0 Å². The van der Waals surface area contributed by atoms with E-state index >= 15 is 0 Å². The molecule has 0 radical (unpaired) electrons. The van der Waals surface area contributed by atoms with E-state index in [4.69, 9.17) is 4.74 Å². The standard InChI is InChI=1S/C25H40O5/c1-14(5-8-22(29)30-4)17-6-7-18-23-19(13-21(28)25(17,18)3)24(2)10-9-16(26)11-15(24)12-20(23)27/h14-20,23,26-27H,5-13H2,1-4H3/t14-,15?,16-,17-,18+,19+,20-,23+,24+,25-/m1/s1. The van der Waals surface area contributed by atoms with Crippen molar-refractivity contribution >= 4 is 11.8 Å². The molecule has 2 N–H and O–H groups in total. The molecule has 0 spiro atoms. The van der Waals surface area contributed by atoms with Crippen molar-refractivity contribution in [1.29, 1.82) is 0 Å². The summed E-state index contributed by atoms with van der Waals surface area (Å²) in [5.74, 6) is 1.70. The number of rotatable bonds is 4. The van der Waals surface area contributed by atoms with Gasteiger partial charge in [0.25, 0.3) is 0 Å². The molecule has 4 aliphatic rings. The zero-order valence-electron chi connectivity index (χ0n) is 19.1. The molecule has 0 saturated heterocycles. The average molecular weight is 421 g/mol. The summed E-state index contributed by atoms with van der Waals surface area (Å²) in [7, 11) is 1.42. The smallest absolute Gasteiger partial charge is 0.305 e. The van der Waals surface area contributed by atoms with Crippen LogP contribution in [0.1, 0.15) is 78.6 Å². The number of esters is 1. The summed E-state index contributed by atoms with van der Waals surface area (Å²) >= 11 is 0. The fraction of sp³-hybridized carbons (Fsp3) is 0.920. The van der Waals surface area contributed by atoms with Gasteiger partial charge in [0.1, 0.15) is 5.78 Å². The maximum absolute atomic E-state index is 13.7. The molecule has 170 valence electrons. The van der Waals surface area contributed by atoms with Gasteiger partial charge < -0.3 is 14.9 Å². The van der Waals surface area contributed by atoms with E-state index in [2.05, 4.69) is 20.8 Å². The highest BCUT2D eigenvalue weighted by Crippen LogP contribution is 2.67. The minimum atomic E-state index is -0.394. The third-order valence-electron chi connectivity index (χ3n) is 10.3. The zero-order valence-corrected chi connectivity index (χ0v) is 19.1. The average Bonchev–Trinajstić information content (AvgIpc) is 3.06. The van der Waals surface area contributed by atoms with Crippen molar-refractivity contribution in [3.63, 3.8) is 0 Å². The summed E-state index contributed by atoms with van der Waals surface area (Å²) in [5.41, 5.74) is -0.343. The van der Waals surface area contributed by atoms with Gasteiger partial charge in [-0.25, -0.2) is 0 Å². The number of aliphatic hydroxyl groups is 2. The number of ketones is 1. The molecule has 5 nitrogen and oxygen atoms in total. The Bertz CT molecular complexity index is 691. The lowest BCUT2D eigenvalue weighted by Crippen LogP contribution is -2.61. The minimum Gasteiger partial charge on any atom is -0.469 e. The Labute approximate surface area is 180 Å². The Morgan fingerprint density at radius 3 is 2.60 bits per heavy atom. The quantitative estimate of drug-likeness (QED) is 0.677. The van der Waals surface area contributed by atoms with E-state index in [1.165, 1.54) is 7.11 Å². The molecule has 1 unspecified atom stereocenters. The Balaban J connectivity index is 1.59. The molecule has 0 amide bonds. The normalized spacial score (nSPS) is 49.0. The summed E-state index contributed by atoms with van der Waals surface area (Å²) in [6.07, 6.45) is 6.39. The van der Waals surface area contributed by atoms with Gasteiger partial charge in [-0.1, -0.05) is 20.8 Å². The molecule has 10 atom stereocenters. The van der Waals surface area contributed by atoms with Gasteiger partial charge in [-0.05, 0) is 85.9 Å². The molecule has 0 aromatic carbocycles. The lowest BCUT2D eigenvalue weighted by molar-refractivity contribution is -0.181. The van der Waals surface area contributed by atoms with Gasteiger partial charge in [0, 0.05) is 18.3 Å². The van der Waals surface area contributed by atoms with Crippen molar-refractivity contribution in [3.05, 3.63) is 0 Å². The molecule has 0 bridgehead atoms. The molecule has 4 saturated carbocycles. The highest BCUT2D eigenvalue weighted by molar-refractivity contribution is 5.87. The molecule has 4 aliphatic carbocycles. The summed E-state index contributed by atoms with van der Waals surface area (Å²) in [4.78, 5) is 25.4. The molecule has 4 rings (SSSR count). The van der Waals surface area contributed by atoms with Crippen LogP contribution in [0.15, 0.2) is 0 Å². The van der Waals surface area contributed by atoms with Gasteiger partial charge in [-0.3, -0.25) is 9.59 Å². The van der Waals surface area contributed by atoms with Crippen molar-refractivity contribution in [2.45, 2.75) is 90.8 Å². The SMILES string of the molecule is COC(=O)CC[C@@H](C)[C@H]1CC[C@H]2[C@@H]3[C@H](O)CC4C[C@H](O)CC[C@]4(C)[C@H]3CC(=O)[C@]12C. The predicted molar refractivity (Wildman–Crippen MR) is 113 cm³/mol. The van der Waals surface area contributed by atoms with Crippen LogP contribution >= 0.6 is 0 Å². The molecule has 30 heavy (non-hydrogen) atoms. The Kier molecular flexibility index (Phi) is 5.85. The first-order valence-corrected chi connectivity index (χ1v) is 12.1. The van der Waals surface area contributed by atoms with Crippen molar-refractivity contribution < 1.29 is 24.5 Å². The van der Waals surface area contributed by atoms with Crippen LogP contribution in [0.4, 0.5) is 0 Å². The topological polar surface area (TPSA) is 83.8 Å². The Hall–Kier alpha value is -0.940. The number of Topliss-reactive ketones (excluding diaryl/α,β-unsaturated/α-hetero) is 1. The maximum Gasteiger partial charge on any atom is 0.305 e. The fourth-order valence-corrected chi connectivity index (χ4v) is 8.51. The first-order valence-electron chi connectivity index (χ1n) is 12.1. The monoisotopic (exact) mass is 420 g/mol. The first kappa shape index (κ1) is 22.3. The van der Waals surface area contributed by atoms with Gasteiger partial charge in [0.2, 0.25) is 0 Å². The van der Waals surface area contributed by atoms with Crippen LogP contribution in [-0.2, 0) is 14.3 Å². The molecule has 0 aliphatic heterocycles. The third-order valence-corrected chi connectivity index (χ3v) is 10.3. The van der Waals surface area contributed by atoms with Gasteiger partial charge >= 0.3 is 5.97 Å². The third kappa shape index (κ3) is 3.26. The molecule has 0 heterocycles. The summed E-state index contributed by atoms with van der Waals surface area (Å²) in [5, 5.41) is 21.5. The lowest BCUT2D eigenvalue weighted by atomic mass is 9.43. The van der Waals surface area contributed by atoms with E-state index in [0.717, 1.165) is 44.9 Å². The van der Waals surface area contributed by atoms with E-state index in [9.17, 15) is 19.8 Å². The molecular formula is C25H40O5. The predicted octanol–water partition coefficient (Wildman–Crippen LogP) is 3.75. The zero-order chi connectivity index (χ0) is 21.8. The number of carbonyl (C=O) groups excluding carboxylic acids is 2. The van der Waals surface area contributed by atoms with Crippen LogP contribution < -0.4 is 0 Å². The number of methoxy groups -OCH3 is 1. The number of hydrogen-bond donors (Lipinski definition) is 2. The van der Waals surface area contributed by atoms with Gasteiger partial charge in [-0.2, -0.15) is 0 Å². The molecular weight excluding hydrogens is 380 g/mol. The molecule has 0 aromatic rings. The first-order chi connectivity index (χ1) is 14.1. The van der Waals surface area contributed by atoms with E-state index < -0.39 is 5.41 Å². The van der Waals surface area contributed by atoms with E-state index in [-0.39, 0.29) is 53.2 Å². The molecule has 5 heteroatoms. The van der Waals surface area contributed by atoms with Crippen LogP contribution in [0.5, 0.6) is 0 Å². The van der Waals surface area contributed by atoms with Crippen LogP contribution in [-0.4, -0.2) is 41.3 Å². The highest BCUT2D eigenvalue weighted by Gasteiger charge is 2.65. The van der Waals surface area contributed by atoms with E-state index in [1.54, 1.807) is 0 Å². The van der Waals surface area contributed by atoms with Gasteiger partial charge in [0.15, 0.2) is 0 Å². The number of carbonyl (C=O) groups is 2. The van der Waals surface area contributed by atoms with E-state index in [0.29, 0.717) is 24.5 Å². The maximum atomic E-state index is 13.7. The summed E-state index contributed by atoms with van der Waals surface area (Å²) in [6.45, 7) is 6.67. The van der Waals surface area contributed by atoms with Crippen molar-refractivity contribution in [3.8, 4) is 0 Å². The van der Waals surface area contributed by atoms with Crippen molar-refractivity contribution in [2.75, 3.05) is 7.11 Å². The number of aliphatic hydroxyl groups excluding tert-OH is 2. The van der Waals surface area contributed by atoms with Gasteiger partial charge in [0.05, 0.1) is 19.3 Å².